The summed E-state index contributed by atoms with van der Waals surface area (Å²) in [6.07, 6.45) is 2.64. The topological polar surface area (TPSA) is 68.0 Å². The summed E-state index contributed by atoms with van der Waals surface area (Å²) in [6, 6.07) is 9.28. The maximum absolute atomic E-state index is 12.1. The molecule has 0 unspecified atom stereocenters. The van der Waals surface area contributed by atoms with E-state index in [1.54, 1.807) is 12.3 Å². The zero-order chi connectivity index (χ0) is 14.5. The van der Waals surface area contributed by atoms with E-state index >= 15 is 0 Å². The molecule has 0 aliphatic carbocycles. The first-order valence-corrected chi connectivity index (χ1v) is 6.68. The predicted molar refractivity (Wildman–Crippen MR) is 80.4 cm³/mol. The highest BCUT2D eigenvalue weighted by molar-refractivity contribution is 5.95. The van der Waals surface area contributed by atoms with Gasteiger partial charge in [-0.25, -0.2) is 0 Å². The maximum atomic E-state index is 12.1. The van der Waals surface area contributed by atoms with Gasteiger partial charge in [-0.3, -0.25) is 9.78 Å². The number of rotatable bonds is 4. The van der Waals surface area contributed by atoms with Crippen LogP contribution in [0, 0.1) is 6.92 Å². The number of hydrogen-bond acceptors (Lipinski definition) is 3. The molecule has 0 aliphatic rings. The van der Waals surface area contributed by atoms with E-state index in [2.05, 4.69) is 17.2 Å². The molecule has 2 rings (SSSR count). The Balaban J connectivity index is 2.08. The summed E-state index contributed by atoms with van der Waals surface area (Å²) in [5.74, 6) is -0.131. The fourth-order valence-corrected chi connectivity index (χ4v) is 2.16. The Morgan fingerprint density at radius 1 is 1.35 bits per heavy atom. The van der Waals surface area contributed by atoms with Gasteiger partial charge in [-0.2, -0.15) is 0 Å². The first kappa shape index (κ1) is 14.1. The summed E-state index contributed by atoms with van der Waals surface area (Å²) in [6.45, 7) is 4.42. The van der Waals surface area contributed by atoms with Crippen LogP contribution in [0.3, 0.4) is 0 Å². The van der Waals surface area contributed by atoms with E-state index in [0.29, 0.717) is 17.8 Å². The highest BCUT2D eigenvalue weighted by Crippen LogP contribution is 2.12. The van der Waals surface area contributed by atoms with Crippen LogP contribution in [0.15, 0.2) is 36.5 Å². The number of nitrogens with two attached hydrogens (primary N) is 1. The van der Waals surface area contributed by atoms with Gasteiger partial charge in [0.1, 0.15) is 0 Å². The molecule has 0 bridgehead atoms. The molecule has 1 aromatic heterocycles. The van der Waals surface area contributed by atoms with Crippen LogP contribution in [0.25, 0.3) is 0 Å². The largest absolute Gasteiger partial charge is 0.399 e. The quantitative estimate of drug-likeness (QED) is 0.838. The molecular formula is C16H19N3O. The number of amides is 1. The van der Waals surface area contributed by atoms with Crippen LogP contribution in [-0.4, -0.2) is 10.9 Å². The molecule has 4 heteroatoms. The Kier molecular flexibility index (Phi) is 4.35. The second-order valence-electron chi connectivity index (χ2n) is 4.78. The van der Waals surface area contributed by atoms with E-state index in [9.17, 15) is 4.79 Å². The summed E-state index contributed by atoms with van der Waals surface area (Å²) in [7, 11) is 0. The molecule has 0 spiro atoms. The lowest BCUT2D eigenvalue weighted by molar-refractivity contribution is 0.0950. The fraction of sp³-hybridized carbons (Fsp3) is 0.250. The van der Waals surface area contributed by atoms with Gasteiger partial charge in [0.2, 0.25) is 0 Å². The first-order chi connectivity index (χ1) is 9.60. The number of benzene rings is 1. The highest BCUT2D eigenvalue weighted by atomic mass is 16.1. The number of aryl methyl sites for hydroxylation is 2. The molecule has 3 N–H and O–H groups in total. The molecule has 104 valence electrons. The number of pyridine rings is 1. The smallest absolute Gasteiger partial charge is 0.251 e. The van der Waals surface area contributed by atoms with E-state index < -0.39 is 0 Å². The van der Waals surface area contributed by atoms with Gasteiger partial charge in [0, 0.05) is 17.4 Å². The lowest BCUT2D eigenvalue weighted by Gasteiger charge is -2.09. The van der Waals surface area contributed by atoms with Gasteiger partial charge in [0.05, 0.1) is 12.2 Å². The number of hydrogen-bond donors (Lipinski definition) is 2. The molecule has 2 aromatic rings. The predicted octanol–water partition coefficient (Wildman–Crippen LogP) is 2.46. The van der Waals surface area contributed by atoms with Gasteiger partial charge < -0.3 is 11.1 Å². The molecule has 0 saturated heterocycles. The summed E-state index contributed by atoms with van der Waals surface area (Å²) in [5, 5.41) is 2.89. The van der Waals surface area contributed by atoms with Crippen molar-refractivity contribution in [3.8, 4) is 0 Å². The number of carbonyl (C=O) groups excluding carboxylic acids is 1. The van der Waals surface area contributed by atoms with Crippen LogP contribution in [0.2, 0.25) is 0 Å². The van der Waals surface area contributed by atoms with Gasteiger partial charge in [-0.1, -0.05) is 13.0 Å². The zero-order valence-electron chi connectivity index (χ0n) is 11.8. The van der Waals surface area contributed by atoms with Crippen LogP contribution in [-0.2, 0) is 13.0 Å². The minimum Gasteiger partial charge on any atom is -0.399 e. The van der Waals surface area contributed by atoms with Crippen LogP contribution in [0.4, 0.5) is 5.69 Å². The average Bonchev–Trinajstić information content (AvgIpc) is 2.44. The molecule has 0 fully saturated rings. The number of nitrogens with one attached hydrogen (secondary N) is 1. The Hall–Kier alpha value is -2.36. The number of anilines is 1. The van der Waals surface area contributed by atoms with E-state index in [-0.39, 0.29) is 5.91 Å². The monoisotopic (exact) mass is 269 g/mol. The van der Waals surface area contributed by atoms with Crippen molar-refractivity contribution in [2.45, 2.75) is 26.8 Å². The molecule has 1 aromatic carbocycles. The van der Waals surface area contributed by atoms with Crippen molar-refractivity contribution in [3.63, 3.8) is 0 Å². The average molecular weight is 269 g/mol. The van der Waals surface area contributed by atoms with Crippen molar-refractivity contribution in [1.29, 1.82) is 0 Å². The molecule has 0 saturated carbocycles. The van der Waals surface area contributed by atoms with Gasteiger partial charge in [0.25, 0.3) is 5.91 Å². The van der Waals surface area contributed by atoms with Crippen molar-refractivity contribution in [2.24, 2.45) is 0 Å². The van der Waals surface area contributed by atoms with Crippen LogP contribution in [0.1, 0.15) is 34.1 Å². The maximum Gasteiger partial charge on any atom is 0.251 e. The normalized spacial score (nSPS) is 10.3. The van der Waals surface area contributed by atoms with Crippen molar-refractivity contribution in [3.05, 3.63) is 58.9 Å². The molecule has 20 heavy (non-hydrogen) atoms. The Morgan fingerprint density at radius 3 is 2.85 bits per heavy atom. The molecule has 4 nitrogen and oxygen atoms in total. The lowest BCUT2D eigenvalue weighted by atomic mass is 10.1. The van der Waals surface area contributed by atoms with E-state index in [1.165, 1.54) is 0 Å². The summed E-state index contributed by atoms with van der Waals surface area (Å²) in [4.78, 5) is 16.4. The van der Waals surface area contributed by atoms with Gasteiger partial charge in [0.15, 0.2) is 0 Å². The third-order valence-electron chi connectivity index (χ3n) is 3.14. The number of nitrogen functional groups attached to an aromatic ring is 1. The Bertz CT molecular complexity index is 603. The van der Waals surface area contributed by atoms with Crippen molar-refractivity contribution >= 4 is 11.6 Å². The third kappa shape index (κ3) is 3.35. The van der Waals surface area contributed by atoms with Crippen molar-refractivity contribution in [2.75, 3.05) is 5.73 Å². The fourth-order valence-electron chi connectivity index (χ4n) is 2.16. The second-order valence-corrected chi connectivity index (χ2v) is 4.78. The van der Waals surface area contributed by atoms with E-state index in [0.717, 1.165) is 23.2 Å². The van der Waals surface area contributed by atoms with Crippen molar-refractivity contribution < 1.29 is 4.79 Å². The van der Waals surface area contributed by atoms with Crippen LogP contribution in [0.5, 0.6) is 0 Å². The summed E-state index contributed by atoms with van der Waals surface area (Å²) in [5.41, 5.74) is 9.97. The zero-order valence-corrected chi connectivity index (χ0v) is 11.8. The summed E-state index contributed by atoms with van der Waals surface area (Å²) < 4.78 is 0. The van der Waals surface area contributed by atoms with Crippen LogP contribution < -0.4 is 11.1 Å². The van der Waals surface area contributed by atoms with Gasteiger partial charge in [-0.15, -0.1) is 0 Å². The standard InChI is InChI=1S/C16H19N3O/c1-3-12-5-4-6-18-15(12)10-19-16(20)13-7-11(2)8-14(17)9-13/h4-9H,3,10,17H2,1-2H3,(H,19,20). The molecular weight excluding hydrogens is 250 g/mol. The van der Waals surface area contributed by atoms with Crippen molar-refractivity contribution in [1.82, 2.24) is 10.3 Å². The molecule has 1 heterocycles. The van der Waals surface area contributed by atoms with Gasteiger partial charge in [-0.05, 0) is 48.7 Å². The molecule has 1 amide bonds. The SMILES string of the molecule is CCc1cccnc1CNC(=O)c1cc(C)cc(N)c1. The Morgan fingerprint density at radius 2 is 2.15 bits per heavy atom. The highest BCUT2D eigenvalue weighted by Gasteiger charge is 2.08. The minimum absolute atomic E-state index is 0.131. The first-order valence-electron chi connectivity index (χ1n) is 6.68. The van der Waals surface area contributed by atoms with E-state index in [1.807, 2.05) is 31.2 Å². The van der Waals surface area contributed by atoms with Crippen LogP contribution >= 0.6 is 0 Å². The number of nitrogens with zero attached hydrogens (tertiary/aromatic N) is 1. The number of aromatic nitrogens is 1. The second kappa shape index (κ2) is 6.19. The Labute approximate surface area is 119 Å². The van der Waals surface area contributed by atoms with E-state index in [4.69, 9.17) is 5.73 Å². The third-order valence-corrected chi connectivity index (χ3v) is 3.14. The molecule has 0 aliphatic heterocycles. The number of carbonyl (C=O) groups is 1. The minimum atomic E-state index is -0.131. The molecule has 0 radical (unpaired) electrons. The van der Waals surface area contributed by atoms with Gasteiger partial charge >= 0.3 is 0 Å². The molecule has 0 atom stereocenters. The lowest BCUT2D eigenvalue weighted by Crippen LogP contribution is -2.24. The summed E-state index contributed by atoms with van der Waals surface area (Å²) >= 11 is 0.